The lowest BCUT2D eigenvalue weighted by molar-refractivity contribution is -0.131. The van der Waals surface area contributed by atoms with E-state index >= 15 is 0 Å². The van der Waals surface area contributed by atoms with Gasteiger partial charge < -0.3 is 10.2 Å². The Morgan fingerprint density at radius 3 is 3.00 bits per heavy atom. The predicted octanol–water partition coefficient (Wildman–Crippen LogP) is 2.34. The molecule has 1 amide bonds. The molecule has 1 aliphatic heterocycles. The summed E-state index contributed by atoms with van der Waals surface area (Å²) in [5.74, 6) is 0.784. The highest BCUT2D eigenvalue weighted by Crippen LogP contribution is 2.17. The number of hydrogen-bond donors (Lipinski definition) is 1. The van der Waals surface area contributed by atoms with Gasteiger partial charge in [0.25, 0.3) is 0 Å². The minimum Gasteiger partial charge on any atom is -0.333 e. The van der Waals surface area contributed by atoms with Gasteiger partial charge in [0, 0.05) is 12.2 Å². The molecule has 1 unspecified atom stereocenters. The second-order valence-corrected chi connectivity index (χ2v) is 5.98. The van der Waals surface area contributed by atoms with Crippen LogP contribution in [0.3, 0.4) is 0 Å². The van der Waals surface area contributed by atoms with E-state index in [0.29, 0.717) is 18.3 Å². The molecule has 1 N–H and O–H groups in total. The van der Waals surface area contributed by atoms with Crippen molar-refractivity contribution in [1.29, 1.82) is 0 Å². The van der Waals surface area contributed by atoms with E-state index in [1.807, 2.05) is 29.4 Å². The maximum Gasteiger partial charge on any atom is 0.233 e. The maximum absolute atomic E-state index is 12.4. The molecule has 0 aromatic carbocycles. The topological polar surface area (TPSA) is 45.2 Å². The molecule has 0 spiro atoms. The van der Waals surface area contributed by atoms with Crippen LogP contribution in [0.15, 0.2) is 24.4 Å². The number of nitrogens with one attached hydrogen (secondary N) is 1. The van der Waals surface area contributed by atoms with Gasteiger partial charge in [-0.3, -0.25) is 9.78 Å². The zero-order valence-corrected chi connectivity index (χ0v) is 14.1. The quantitative estimate of drug-likeness (QED) is 0.900. The van der Waals surface area contributed by atoms with Gasteiger partial charge in [0.05, 0.1) is 18.0 Å². The van der Waals surface area contributed by atoms with Crippen molar-refractivity contribution in [2.45, 2.75) is 31.8 Å². The van der Waals surface area contributed by atoms with E-state index in [9.17, 15) is 4.79 Å². The molecule has 1 fully saturated rings. The Balaban J connectivity index is 0.00000220. The van der Waals surface area contributed by atoms with E-state index in [-0.39, 0.29) is 18.3 Å². The van der Waals surface area contributed by atoms with Crippen LogP contribution in [0.4, 0.5) is 0 Å². The van der Waals surface area contributed by atoms with Gasteiger partial charge in [-0.2, -0.15) is 11.8 Å². The summed E-state index contributed by atoms with van der Waals surface area (Å²) in [6, 6.07) is 6.22. The van der Waals surface area contributed by atoms with Crippen molar-refractivity contribution in [3.63, 3.8) is 0 Å². The number of thioether (sulfide) groups is 1. The van der Waals surface area contributed by atoms with Crippen LogP contribution in [0.25, 0.3) is 0 Å². The van der Waals surface area contributed by atoms with E-state index < -0.39 is 0 Å². The average Bonchev–Trinajstić information content (AvgIpc) is 2.75. The van der Waals surface area contributed by atoms with Gasteiger partial charge in [0.2, 0.25) is 5.91 Å². The van der Waals surface area contributed by atoms with Crippen molar-refractivity contribution in [2.75, 3.05) is 25.1 Å². The fourth-order valence-corrected chi connectivity index (χ4v) is 3.02. The number of halogens is 1. The lowest BCUT2D eigenvalue weighted by Crippen LogP contribution is -2.41. The van der Waals surface area contributed by atoms with Gasteiger partial charge in [-0.15, -0.1) is 12.4 Å². The summed E-state index contributed by atoms with van der Waals surface area (Å²) in [5.41, 5.74) is 0.971. The molecule has 4 nitrogen and oxygen atoms in total. The number of carbonyl (C=O) groups is 1. The molecule has 1 saturated heterocycles. The molecule has 0 aliphatic carbocycles. The molecular formula is C15H24ClN3OS. The number of hydrogen-bond acceptors (Lipinski definition) is 4. The van der Waals surface area contributed by atoms with E-state index in [4.69, 9.17) is 0 Å². The van der Waals surface area contributed by atoms with Crippen molar-refractivity contribution in [3.8, 4) is 0 Å². The summed E-state index contributed by atoms with van der Waals surface area (Å²) in [7, 11) is 0. The SMILES string of the molecule is CSCC(=O)N(Cc1ccccn1)C1CCCNCC1.Cl. The van der Waals surface area contributed by atoms with Crippen molar-refractivity contribution < 1.29 is 4.79 Å². The van der Waals surface area contributed by atoms with E-state index in [1.54, 1.807) is 18.0 Å². The first kappa shape index (κ1) is 18.3. The Morgan fingerprint density at radius 2 is 2.29 bits per heavy atom. The molecule has 2 rings (SSSR count). The Morgan fingerprint density at radius 1 is 1.43 bits per heavy atom. The first-order valence-electron chi connectivity index (χ1n) is 7.20. The number of nitrogens with zero attached hydrogens (tertiary/aromatic N) is 2. The molecule has 0 bridgehead atoms. The summed E-state index contributed by atoms with van der Waals surface area (Å²) in [6.45, 7) is 2.69. The largest absolute Gasteiger partial charge is 0.333 e. The van der Waals surface area contributed by atoms with Crippen LogP contribution in [0.1, 0.15) is 25.0 Å². The second-order valence-electron chi connectivity index (χ2n) is 5.11. The van der Waals surface area contributed by atoms with Gasteiger partial charge in [-0.25, -0.2) is 0 Å². The second kappa shape index (κ2) is 10.0. The van der Waals surface area contributed by atoms with Gasteiger partial charge in [-0.05, 0) is 50.7 Å². The lowest BCUT2D eigenvalue weighted by Gasteiger charge is -2.31. The molecule has 1 aromatic rings. The predicted molar refractivity (Wildman–Crippen MR) is 90.9 cm³/mol. The maximum atomic E-state index is 12.4. The smallest absolute Gasteiger partial charge is 0.233 e. The molecule has 21 heavy (non-hydrogen) atoms. The number of pyridine rings is 1. The molecule has 1 atom stereocenters. The molecular weight excluding hydrogens is 306 g/mol. The van der Waals surface area contributed by atoms with Gasteiger partial charge in [-0.1, -0.05) is 6.07 Å². The summed E-state index contributed by atoms with van der Waals surface area (Å²) < 4.78 is 0. The van der Waals surface area contributed by atoms with Crippen molar-refractivity contribution in [2.24, 2.45) is 0 Å². The van der Waals surface area contributed by atoms with E-state index in [0.717, 1.165) is 38.0 Å². The third-order valence-corrected chi connectivity index (χ3v) is 4.17. The summed E-state index contributed by atoms with van der Waals surface area (Å²) in [4.78, 5) is 18.8. The van der Waals surface area contributed by atoms with Gasteiger partial charge in [0.15, 0.2) is 0 Å². The molecule has 1 aromatic heterocycles. The van der Waals surface area contributed by atoms with Crippen LogP contribution in [-0.2, 0) is 11.3 Å². The number of amides is 1. The Kier molecular flexibility index (Phi) is 8.73. The Bertz CT molecular complexity index is 411. The normalized spacial score (nSPS) is 18.4. The summed E-state index contributed by atoms with van der Waals surface area (Å²) in [6.07, 6.45) is 7.02. The van der Waals surface area contributed by atoms with Crippen LogP contribution < -0.4 is 5.32 Å². The summed E-state index contributed by atoms with van der Waals surface area (Å²) in [5, 5.41) is 3.41. The van der Waals surface area contributed by atoms with Crippen molar-refractivity contribution in [1.82, 2.24) is 15.2 Å². The third kappa shape index (κ3) is 5.85. The third-order valence-electron chi connectivity index (χ3n) is 3.63. The van der Waals surface area contributed by atoms with Crippen LogP contribution >= 0.6 is 24.2 Å². The standard InChI is InChI=1S/C15H23N3OS.ClH/c1-20-12-15(19)18(11-13-5-2-3-9-17-13)14-6-4-8-16-10-7-14;/h2-3,5,9,14,16H,4,6-8,10-12H2,1H3;1H. The average molecular weight is 330 g/mol. The van der Waals surface area contributed by atoms with Crippen LogP contribution in [0, 0.1) is 0 Å². The highest BCUT2D eigenvalue weighted by atomic mass is 35.5. The van der Waals surface area contributed by atoms with Gasteiger partial charge >= 0.3 is 0 Å². The number of carbonyl (C=O) groups excluding carboxylic acids is 1. The Hall–Kier alpha value is -0.780. The fourth-order valence-electron chi connectivity index (χ4n) is 2.61. The molecule has 0 radical (unpaired) electrons. The highest BCUT2D eigenvalue weighted by Gasteiger charge is 2.24. The Labute approximate surface area is 137 Å². The molecule has 1 aliphatic rings. The molecule has 6 heteroatoms. The first-order chi connectivity index (χ1) is 9.81. The van der Waals surface area contributed by atoms with E-state index in [2.05, 4.69) is 10.3 Å². The fraction of sp³-hybridized carbons (Fsp3) is 0.600. The lowest BCUT2D eigenvalue weighted by atomic mass is 10.1. The number of rotatable bonds is 5. The van der Waals surface area contributed by atoms with Crippen molar-refractivity contribution >= 4 is 30.1 Å². The highest BCUT2D eigenvalue weighted by molar-refractivity contribution is 7.99. The zero-order chi connectivity index (χ0) is 14.2. The number of aromatic nitrogens is 1. The van der Waals surface area contributed by atoms with Gasteiger partial charge in [0.1, 0.15) is 0 Å². The molecule has 2 heterocycles. The van der Waals surface area contributed by atoms with Crippen LogP contribution in [-0.4, -0.2) is 46.9 Å². The van der Waals surface area contributed by atoms with Crippen LogP contribution in [0.2, 0.25) is 0 Å². The van der Waals surface area contributed by atoms with Crippen LogP contribution in [0.5, 0.6) is 0 Å². The van der Waals surface area contributed by atoms with Crippen molar-refractivity contribution in [3.05, 3.63) is 30.1 Å². The zero-order valence-electron chi connectivity index (χ0n) is 12.5. The monoisotopic (exact) mass is 329 g/mol. The molecule has 0 saturated carbocycles. The summed E-state index contributed by atoms with van der Waals surface area (Å²) >= 11 is 1.59. The first-order valence-corrected chi connectivity index (χ1v) is 8.59. The van der Waals surface area contributed by atoms with E-state index in [1.165, 1.54) is 0 Å². The molecule has 118 valence electrons. The minimum absolute atomic E-state index is 0. The minimum atomic E-state index is 0.